The van der Waals surface area contributed by atoms with Gasteiger partial charge in [0.25, 0.3) is 0 Å². The molecule has 0 aliphatic heterocycles. The predicted octanol–water partition coefficient (Wildman–Crippen LogP) is 3.64. The van der Waals surface area contributed by atoms with Crippen LogP contribution in [0.25, 0.3) is 11.1 Å². The van der Waals surface area contributed by atoms with Gasteiger partial charge in [0.1, 0.15) is 11.6 Å². The minimum atomic E-state index is -1.22. The van der Waals surface area contributed by atoms with E-state index in [4.69, 9.17) is 5.11 Å². The standard InChI is InChI=1S/C14H10F2O2/c1-8-2-3-11(15)7-13(8)9-4-10(14(17)18)6-12(16)5-9/h2-7H,1H3,(H,17,18). The lowest BCUT2D eigenvalue weighted by molar-refractivity contribution is 0.0696. The summed E-state index contributed by atoms with van der Waals surface area (Å²) in [7, 11) is 0. The number of aryl methyl sites for hydroxylation is 1. The Bertz CT molecular complexity index is 621. The van der Waals surface area contributed by atoms with Gasteiger partial charge in [-0.05, 0) is 53.9 Å². The highest BCUT2D eigenvalue weighted by atomic mass is 19.1. The number of aromatic carboxylic acids is 1. The van der Waals surface area contributed by atoms with E-state index in [1.54, 1.807) is 13.0 Å². The molecule has 92 valence electrons. The summed E-state index contributed by atoms with van der Waals surface area (Å²) in [4.78, 5) is 10.8. The molecule has 0 heterocycles. The molecule has 0 fully saturated rings. The third kappa shape index (κ3) is 2.37. The fraction of sp³-hybridized carbons (Fsp3) is 0.0714. The third-order valence-corrected chi connectivity index (χ3v) is 2.66. The van der Waals surface area contributed by atoms with Crippen molar-refractivity contribution in [2.75, 3.05) is 0 Å². The zero-order valence-corrected chi connectivity index (χ0v) is 9.58. The molecule has 2 aromatic rings. The molecule has 0 spiro atoms. The molecule has 0 unspecified atom stereocenters. The maximum absolute atomic E-state index is 13.3. The number of carboxylic acid groups (broad SMARTS) is 1. The first kappa shape index (κ1) is 12.2. The Labute approximate surface area is 103 Å². The monoisotopic (exact) mass is 248 g/mol. The van der Waals surface area contributed by atoms with Crippen molar-refractivity contribution in [3.8, 4) is 11.1 Å². The molecule has 0 aromatic heterocycles. The van der Waals surface area contributed by atoms with Crippen molar-refractivity contribution in [1.29, 1.82) is 0 Å². The topological polar surface area (TPSA) is 37.3 Å². The van der Waals surface area contributed by atoms with Crippen LogP contribution < -0.4 is 0 Å². The second kappa shape index (κ2) is 4.56. The van der Waals surface area contributed by atoms with Crippen LogP contribution in [0.4, 0.5) is 8.78 Å². The van der Waals surface area contributed by atoms with Crippen molar-refractivity contribution in [2.24, 2.45) is 0 Å². The summed E-state index contributed by atoms with van der Waals surface area (Å²) >= 11 is 0. The van der Waals surface area contributed by atoms with Gasteiger partial charge in [-0.25, -0.2) is 13.6 Å². The number of hydrogen-bond donors (Lipinski definition) is 1. The number of carboxylic acids is 1. The normalized spacial score (nSPS) is 10.4. The molecule has 0 aliphatic rings. The zero-order chi connectivity index (χ0) is 13.3. The van der Waals surface area contributed by atoms with Crippen LogP contribution in [-0.4, -0.2) is 11.1 Å². The van der Waals surface area contributed by atoms with Gasteiger partial charge in [0.05, 0.1) is 5.56 Å². The number of hydrogen-bond acceptors (Lipinski definition) is 1. The SMILES string of the molecule is Cc1ccc(F)cc1-c1cc(F)cc(C(=O)O)c1. The third-order valence-electron chi connectivity index (χ3n) is 2.66. The quantitative estimate of drug-likeness (QED) is 0.880. The van der Waals surface area contributed by atoms with Gasteiger partial charge < -0.3 is 5.11 Å². The van der Waals surface area contributed by atoms with E-state index in [0.29, 0.717) is 11.1 Å². The van der Waals surface area contributed by atoms with Crippen LogP contribution in [0.2, 0.25) is 0 Å². The van der Waals surface area contributed by atoms with Crippen LogP contribution >= 0.6 is 0 Å². The van der Waals surface area contributed by atoms with Crippen LogP contribution in [0.5, 0.6) is 0 Å². The number of halogens is 2. The first-order valence-corrected chi connectivity index (χ1v) is 5.28. The number of benzene rings is 2. The Morgan fingerprint density at radius 2 is 1.78 bits per heavy atom. The lowest BCUT2D eigenvalue weighted by Crippen LogP contribution is -1.98. The summed E-state index contributed by atoms with van der Waals surface area (Å²) in [5.41, 5.74) is 1.42. The van der Waals surface area contributed by atoms with Crippen LogP contribution in [-0.2, 0) is 0 Å². The van der Waals surface area contributed by atoms with Gasteiger partial charge in [0.15, 0.2) is 0 Å². The van der Waals surface area contributed by atoms with E-state index in [2.05, 4.69) is 0 Å². The maximum Gasteiger partial charge on any atom is 0.335 e. The van der Waals surface area contributed by atoms with E-state index in [1.165, 1.54) is 24.3 Å². The Morgan fingerprint density at radius 1 is 1.06 bits per heavy atom. The molecular formula is C14H10F2O2. The van der Waals surface area contributed by atoms with Crippen LogP contribution in [0, 0.1) is 18.6 Å². The largest absolute Gasteiger partial charge is 0.478 e. The minimum Gasteiger partial charge on any atom is -0.478 e. The molecule has 0 radical (unpaired) electrons. The van der Waals surface area contributed by atoms with Crippen molar-refractivity contribution in [2.45, 2.75) is 6.92 Å². The van der Waals surface area contributed by atoms with Crippen molar-refractivity contribution in [3.05, 3.63) is 59.2 Å². The highest BCUT2D eigenvalue weighted by molar-refractivity contribution is 5.89. The average molecular weight is 248 g/mol. The van der Waals surface area contributed by atoms with Gasteiger partial charge in [-0.1, -0.05) is 6.07 Å². The molecule has 0 saturated carbocycles. The molecule has 4 heteroatoms. The van der Waals surface area contributed by atoms with E-state index in [1.807, 2.05) is 0 Å². The molecule has 0 bridgehead atoms. The van der Waals surface area contributed by atoms with E-state index in [9.17, 15) is 13.6 Å². The van der Waals surface area contributed by atoms with Crippen LogP contribution in [0.1, 0.15) is 15.9 Å². The van der Waals surface area contributed by atoms with E-state index < -0.39 is 17.6 Å². The second-order valence-electron chi connectivity index (χ2n) is 3.99. The van der Waals surface area contributed by atoms with Crippen molar-refractivity contribution in [3.63, 3.8) is 0 Å². The number of carbonyl (C=O) groups is 1. The van der Waals surface area contributed by atoms with Crippen molar-refractivity contribution in [1.82, 2.24) is 0 Å². The summed E-state index contributed by atoms with van der Waals surface area (Å²) in [5.74, 6) is -2.32. The van der Waals surface area contributed by atoms with E-state index >= 15 is 0 Å². The summed E-state index contributed by atoms with van der Waals surface area (Å²) in [6.45, 7) is 1.75. The first-order chi connectivity index (χ1) is 8.47. The Hall–Kier alpha value is -2.23. The lowest BCUT2D eigenvalue weighted by Gasteiger charge is -2.07. The van der Waals surface area contributed by atoms with E-state index in [-0.39, 0.29) is 5.56 Å². The molecular weight excluding hydrogens is 238 g/mol. The fourth-order valence-electron chi connectivity index (χ4n) is 1.77. The minimum absolute atomic E-state index is 0.159. The Morgan fingerprint density at radius 3 is 2.44 bits per heavy atom. The van der Waals surface area contributed by atoms with Gasteiger partial charge in [-0.15, -0.1) is 0 Å². The average Bonchev–Trinajstić information content (AvgIpc) is 2.31. The smallest absolute Gasteiger partial charge is 0.335 e. The summed E-state index contributed by atoms with van der Waals surface area (Å²) < 4.78 is 26.5. The second-order valence-corrected chi connectivity index (χ2v) is 3.99. The van der Waals surface area contributed by atoms with Gasteiger partial charge >= 0.3 is 5.97 Å². The van der Waals surface area contributed by atoms with Gasteiger partial charge in [0.2, 0.25) is 0 Å². The number of rotatable bonds is 2. The van der Waals surface area contributed by atoms with Gasteiger partial charge in [-0.3, -0.25) is 0 Å². The summed E-state index contributed by atoms with van der Waals surface area (Å²) in [5, 5.41) is 8.86. The molecule has 1 N–H and O–H groups in total. The molecule has 2 aromatic carbocycles. The molecule has 2 nitrogen and oxygen atoms in total. The van der Waals surface area contributed by atoms with Crippen molar-refractivity contribution >= 4 is 5.97 Å². The molecule has 2 rings (SSSR count). The van der Waals surface area contributed by atoms with Gasteiger partial charge in [-0.2, -0.15) is 0 Å². The van der Waals surface area contributed by atoms with Crippen LogP contribution in [0.15, 0.2) is 36.4 Å². The molecule has 0 amide bonds. The van der Waals surface area contributed by atoms with Gasteiger partial charge in [0, 0.05) is 0 Å². The lowest BCUT2D eigenvalue weighted by atomic mass is 9.98. The van der Waals surface area contributed by atoms with E-state index in [0.717, 1.165) is 11.6 Å². The molecule has 18 heavy (non-hydrogen) atoms. The fourth-order valence-corrected chi connectivity index (χ4v) is 1.77. The maximum atomic E-state index is 13.3. The molecule has 0 atom stereocenters. The first-order valence-electron chi connectivity index (χ1n) is 5.28. The Balaban J connectivity index is 2.63. The summed E-state index contributed by atoms with van der Waals surface area (Å²) in [6, 6.07) is 7.57. The highest BCUT2D eigenvalue weighted by Gasteiger charge is 2.10. The van der Waals surface area contributed by atoms with Crippen LogP contribution in [0.3, 0.4) is 0 Å². The Kier molecular flexibility index (Phi) is 3.10. The highest BCUT2D eigenvalue weighted by Crippen LogP contribution is 2.26. The summed E-state index contributed by atoms with van der Waals surface area (Å²) in [6.07, 6.45) is 0. The molecule has 0 aliphatic carbocycles. The molecule has 0 saturated heterocycles. The van der Waals surface area contributed by atoms with Crippen molar-refractivity contribution < 1.29 is 18.7 Å². The predicted molar refractivity (Wildman–Crippen MR) is 63.5 cm³/mol. The zero-order valence-electron chi connectivity index (χ0n) is 9.58.